The van der Waals surface area contributed by atoms with E-state index in [1.54, 1.807) is 23.1 Å². The van der Waals surface area contributed by atoms with Gasteiger partial charge in [0.1, 0.15) is 10.8 Å². The van der Waals surface area contributed by atoms with Crippen molar-refractivity contribution < 1.29 is 0 Å². The summed E-state index contributed by atoms with van der Waals surface area (Å²) in [5, 5.41) is 13.0. The Bertz CT molecular complexity index is 1050. The SMILES string of the molecule is CCn1c(Cc2ccccc2)nnc1SCc1csc(-c2cccc(C)c2)n1. The molecule has 4 rings (SSSR count). The number of nitrogens with zero attached hydrogens (tertiary/aromatic N) is 4. The second-order valence-corrected chi connectivity index (χ2v) is 8.41. The normalized spacial score (nSPS) is 11.1. The lowest BCUT2D eigenvalue weighted by molar-refractivity contribution is 0.651. The van der Waals surface area contributed by atoms with Crippen molar-refractivity contribution >= 4 is 23.1 Å². The van der Waals surface area contributed by atoms with E-state index in [-0.39, 0.29) is 0 Å². The molecule has 0 aliphatic rings. The highest BCUT2D eigenvalue weighted by atomic mass is 32.2. The van der Waals surface area contributed by atoms with Gasteiger partial charge in [-0.1, -0.05) is 65.9 Å². The van der Waals surface area contributed by atoms with E-state index in [1.165, 1.54) is 16.7 Å². The Morgan fingerprint density at radius 1 is 1.04 bits per heavy atom. The van der Waals surface area contributed by atoms with Crippen LogP contribution in [0.25, 0.3) is 10.6 Å². The van der Waals surface area contributed by atoms with Gasteiger partial charge < -0.3 is 4.57 Å². The highest BCUT2D eigenvalue weighted by Crippen LogP contribution is 2.28. The van der Waals surface area contributed by atoms with Gasteiger partial charge in [0, 0.05) is 29.7 Å². The van der Waals surface area contributed by atoms with Crippen LogP contribution >= 0.6 is 23.1 Å². The minimum atomic E-state index is 0.797. The molecule has 0 radical (unpaired) electrons. The molecule has 2 heterocycles. The molecule has 0 amide bonds. The van der Waals surface area contributed by atoms with Crippen molar-refractivity contribution in [3.63, 3.8) is 0 Å². The van der Waals surface area contributed by atoms with E-state index >= 15 is 0 Å². The maximum absolute atomic E-state index is 4.81. The molecule has 2 aromatic heterocycles. The summed E-state index contributed by atoms with van der Waals surface area (Å²) in [6.07, 6.45) is 0.802. The third kappa shape index (κ3) is 4.34. The van der Waals surface area contributed by atoms with Crippen LogP contribution in [-0.4, -0.2) is 19.7 Å². The third-order valence-corrected chi connectivity index (χ3v) is 6.42. The molecular weight excluding hydrogens is 384 g/mol. The van der Waals surface area contributed by atoms with Crippen LogP contribution < -0.4 is 0 Å². The Hall–Kier alpha value is -2.44. The summed E-state index contributed by atoms with van der Waals surface area (Å²) in [5.41, 5.74) is 4.78. The maximum atomic E-state index is 4.81. The van der Waals surface area contributed by atoms with E-state index in [4.69, 9.17) is 4.98 Å². The molecule has 0 saturated heterocycles. The van der Waals surface area contributed by atoms with Crippen LogP contribution in [0, 0.1) is 6.92 Å². The Balaban J connectivity index is 1.45. The quantitative estimate of drug-likeness (QED) is 0.374. The lowest BCUT2D eigenvalue weighted by Crippen LogP contribution is -2.04. The summed E-state index contributed by atoms with van der Waals surface area (Å²) in [6, 6.07) is 18.9. The van der Waals surface area contributed by atoms with Crippen molar-refractivity contribution in [3.8, 4) is 10.6 Å². The topological polar surface area (TPSA) is 43.6 Å². The van der Waals surface area contributed by atoms with Crippen molar-refractivity contribution in [3.05, 3.63) is 82.6 Å². The molecular formula is C22H22N4S2. The zero-order valence-electron chi connectivity index (χ0n) is 16.0. The predicted octanol–water partition coefficient (Wildman–Crippen LogP) is 5.61. The van der Waals surface area contributed by atoms with Gasteiger partial charge in [-0.2, -0.15) is 0 Å². The van der Waals surface area contributed by atoms with Gasteiger partial charge in [0.25, 0.3) is 0 Å². The molecule has 6 heteroatoms. The lowest BCUT2D eigenvalue weighted by Gasteiger charge is -2.07. The van der Waals surface area contributed by atoms with E-state index in [0.29, 0.717) is 0 Å². The Labute approximate surface area is 173 Å². The minimum absolute atomic E-state index is 0.797. The average molecular weight is 407 g/mol. The molecule has 2 aromatic carbocycles. The number of hydrogen-bond acceptors (Lipinski definition) is 5. The van der Waals surface area contributed by atoms with Gasteiger partial charge in [0.05, 0.1) is 5.69 Å². The van der Waals surface area contributed by atoms with Crippen LogP contribution in [0.4, 0.5) is 0 Å². The van der Waals surface area contributed by atoms with E-state index in [2.05, 4.69) is 82.5 Å². The summed E-state index contributed by atoms with van der Waals surface area (Å²) in [6.45, 7) is 5.11. The van der Waals surface area contributed by atoms with Crippen molar-refractivity contribution in [2.75, 3.05) is 0 Å². The second-order valence-electron chi connectivity index (χ2n) is 6.61. The molecule has 142 valence electrons. The summed E-state index contributed by atoms with van der Waals surface area (Å²) >= 11 is 3.40. The fraction of sp³-hybridized carbons (Fsp3) is 0.227. The first-order valence-corrected chi connectivity index (χ1v) is 11.2. The lowest BCUT2D eigenvalue weighted by atomic mass is 10.1. The third-order valence-electron chi connectivity index (χ3n) is 4.48. The fourth-order valence-electron chi connectivity index (χ4n) is 3.08. The van der Waals surface area contributed by atoms with Gasteiger partial charge in [-0.3, -0.25) is 0 Å². The number of aryl methyl sites for hydroxylation is 1. The summed E-state index contributed by atoms with van der Waals surface area (Å²) < 4.78 is 2.20. The summed E-state index contributed by atoms with van der Waals surface area (Å²) in [4.78, 5) is 4.81. The van der Waals surface area contributed by atoms with E-state index in [0.717, 1.165) is 40.4 Å². The smallest absolute Gasteiger partial charge is 0.191 e. The Morgan fingerprint density at radius 2 is 1.89 bits per heavy atom. The zero-order chi connectivity index (χ0) is 19.3. The van der Waals surface area contributed by atoms with E-state index in [1.807, 2.05) is 6.07 Å². The van der Waals surface area contributed by atoms with Crippen LogP contribution in [0.5, 0.6) is 0 Å². The van der Waals surface area contributed by atoms with Crippen LogP contribution in [0.1, 0.15) is 29.6 Å². The molecule has 4 aromatic rings. The molecule has 0 bridgehead atoms. The first-order valence-electron chi connectivity index (χ1n) is 9.33. The van der Waals surface area contributed by atoms with Gasteiger partial charge in [0.2, 0.25) is 0 Å². The van der Waals surface area contributed by atoms with Crippen molar-refractivity contribution in [2.45, 2.75) is 37.7 Å². The maximum Gasteiger partial charge on any atom is 0.191 e. The Morgan fingerprint density at radius 3 is 2.68 bits per heavy atom. The molecule has 0 aliphatic carbocycles. The number of aromatic nitrogens is 4. The molecule has 0 aliphatic heterocycles. The number of thiazole rings is 1. The van der Waals surface area contributed by atoms with Crippen molar-refractivity contribution in [1.82, 2.24) is 19.7 Å². The Kier molecular flexibility index (Phi) is 5.88. The number of benzene rings is 2. The van der Waals surface area contributed by atoms with E-state index < -0.39 is 0 Å². The van der Waals surface area contributed by atoms with Gasteiger partial charge in [-0.15, -0.1) is 21.5 Å². The minimum Gasteiger partial charge on any atom is -0.306 e. The molecule has 28 heavy (non-hydrogen) atoms. The second kappa shape index (κ2) is 8.71. The number of hydrogen-bond donors (Lipinski definition) is 0. The standard InChI is InChI=1S/C22H22N4S2/c1-3-26-20(13-17-9-5-4-6-10-17)24-25-22(26)28-15-19-14-27-21(23-19)18-11-7-8-16(2)12-18/h4-12,14H,3,13,15H2,1-2H3. The van der Waals surface area contributed by atoms with Crippen molar-refractivity contribution in [1.29, 1.82) is 0 Å². The van der Waals surface area contributed by atoms with Crippen molar-refractivity contribution in [2.24, 2.45) is 0 Å². The van der Waals surface area contributed by atoms with Crippen LogP contribution in [0.2, 0.25) is 0 Å². The summed E-state index contributed by atoms with van der Waals surface area (Å²) in [5.74, 6) is 1.81. The van der Waals surface area contributed by atoms with Crippen LogP contribution in [-0.2, 0) is 18.7 Å². The monoisotopic (exact) mass is 406 g/mol. The highest BCUT2D eigenvalue weighted by molar-refractivity contribution is 7.98. The van der Waals surface area contributed by atoms with E-state index in [9.17, 15) is 0 Å². The fourth-order valence-corrected chi connectivity index (χ4v) is 4.91. The first kappa shape index (κ1) is 18.9. The average Bonchev–Trinajstić information content (AvgIpc) is 3.34. The highest BCUT2D eigenvalue weighted by Gasteiger charge is 2.13. The predicted molar refractivity (Wildman–Crippen MR) is 117 cm³/mol. The summed E-state index contributed by atoms with van der Waals surface area (Å²) in [7, 11) is 0. The van der Waals surface area contributed by atoms with Crippen LogP contribution in [0.3, 0.4) is 0 Å². The molecule has 4 nitrogen and oxygen atoms in total. The zero-order valence-corrected chi connectivity index (χ0v) is 17.6. The first-order chi connectivity index (χ1) is 13.7. The molecule has 0 unspecified atom stereocenters. The number of thioether (sulfide) groups is 1. The molecule has 0 spiro atoms. The van der Waals surface area contributed by atoms with Crippen LogP contribution in [0.15, 0.2) is 65.1 Å². The molecule has 0 atom stereocenters. The van der Waals surface area contributed by atoms with Gasteiger partial charge >= 0.3 is 0 Å². The molecule has 0 N–H and O–H groups in total. The van der Waals surface area contributed by atoms with Gasteiger partial charge in [0.15, 0.2) is 5.16 Å². The van der Waals surface area contributed by atoms with Gasteiger partial charge in [-0.05, 0) is 25.5 Å². The largest absolute Gasteiger partial charge is 0.306 e. The number of rotatable bonds is 7. The molecule has 0 saturated carbocycles. The van der Waals surface area contributed by atoms with Gasteiger partial charge in [-0.25, -0.2) is 4.98 Å². The molecule has 0 fully saturated rings.